The smallest absolute Gasteiger partial charge is 0.251 e. The van der Waals surface area contributed by atoms with Gasteiger partial charge in [0, 0.05) is 24.0 Å². The summed E-state index contributed by atoms with van der Waals surface area (Å²) in [6.07, 6.45) is 3.66. The maximum atomic E-state index is 12.0. The fourth-order valence-corrected chi connectivity index (χ4v) is 2.65. The Bertz CT molecular complexity index is 524. The summed E-state index contributed by atoms with van der Waals surface area (Å²) >= 11 is 0. The molecular formula is C14H21N3O2. The first-order chi connectivity index (χ1) is 8.97. The number of hydrogen-bond donors (Lipinski definition) is 2. The van der Waals surface area contributed by atoms with E-state index < -0.39 is 0 Å². The van der Waals surface area contributed by atoms with Crippen molar-refractivity contribution >= 4 is 11.6 Å². The van der Waals surface area contributed by atoms with Crippen LogP contribution >= 0.6 is 0 Å². The molecule has 1 amide bonds. The van der Waals surface area contributed by atoms with E-state index in [1.54, 1.807) is 0 Å². The molecule has 0 aromatic carbocycles. The van der Waals surface area contributed by atoms with Crippen molar-refractivity contribution in [3.05, 3.63) is 28.7 Å². The van der Waals surface area contributed by atoms with E-state index in [-0.39, 0.29) is 24.1 Å². The second-order valence-electron chi connectivity index (χ2n) is 5.52. The molecule has 19 heavy (non-hydrogen) atoms. The van der Waals surface area contributed by atoms with E-state index >= 15 is 0 Å². The van der Waals surface area contributed by atoms with Gasteiger partial charge < -0.3 is 15.6 Å². The maximum absolute atomic E-state index is 12.0. The van der Waals surface area contributed by atoms with Crippen molar-refractivity contribution in [3.63, 3.8) is 0 Å². The van der Waals surface area contributed by atoms with Gasteiger partial charge in [-0.15, -0.1) is 0 Å². The first kappa shape index (κ1) is 13.6. The zero-order valence-corrected chi connectivity index (χ0v) is 11.4. The second kappa shape index (κ2) is 5.47. The summed E-state index contributed by atoms with van der Waals surface area (Å²) in [4.78, 5) is 23.6. The number of amides is 1. The number of carbonyl (C=O) groups is 1. The van der Waals surface area contributed by atoms with Gasteiger partial charge in [-0.05, 0) is 30.7 Å². The van der Waals surface area contributed by atoms with Crippen LogP contribution in [-0.2, 0) is 11.3 Å². The van der Waals surface area contributed by atoms with Crippen LogP contribution in [0, 0.1) is 11.8 Å². The van der Waals surface area contributed by atoms with Crippen molar-refractivity contribution in [3.8, 4) is 0 Å². The third kappa shape index (κ3) is 3.16. The molecule has 1 fully saturated rings. The molecule has 0 radical (unpaired) electrons. The molecule has 5 nitrogen and oxygen atoms in total. The van der Waals surface area contributed by atoms with E-state index in [0.717, 1.165) is 12.8 Å². The highest BCUT2D eigenvalue weighted by Crippen LogP contribution is 2.30. The number of aromatic nitrogens is 1. The minimum absolute atomic E-state index is 0.0292. The fourth-order valence-electron chi connectivity index (χ4n) is 2.65. The van der Waals surface area contributed by atoms with Crippen LogP contribution in [0.2, 0.25) is 0 Å². The number of carbonyl (C=O) groups excluding carboxylic acids is 1. The lowest BCUT2D eigenvalue weighted by atomic mass is 9.98. The molecule has 5 heteroatoms. The molecule has 3 unspecified atom stereocenters. The van der Waals surface area contributed by atoms with Gasteiger partial charge >= 0.3 is 0 Å². The third-order valence-electron chi connectivity index (χ3n) is 4.13. The average molecular weight is 263 g/mol. The van der Waals surface area contributed by atoms with E-state index in [9.17, 15) is 9.59 Å². The number of rotatable bonds is 3. The number of nitrogens with two attached hydrogens (primary N) is 1. The maximum Gasteiger partial charge on any atom is 0.251 e. The zero-order chi connectivity index (χ0) is 14.0. The molecule has 0 saturated heterocycles. The first-order valence-corrected chi connectivity index (χ1v) is 6.72. The Morgan fingerprint density at radius 1 is 1.42 bits per heavy atom. The predicted octanol–water partition coefficient (Wildman–Crippen LogP) is 0.981. The van der Waals surface area contributed by atoms with Crippen LogP contribution in [-0.4, -0.2) is 16.5 Å². The molecule has 1 aromatic rings. The molecule has 0 spiro atoms. The molecule has 3 N–H and O–H groups in total. The highest BCUT2D eigenvalue weighted by molar-refractivity contribution is 5.76. The lowest BCUT2D eigenvalue weighted by Crippen LogP contribution is -2.40. The Hall–Kier alpha value is -1.78. The van der Waals surface area contributed by atoms with E-state index in [1.165, 1.54) is 22.9 Å². The minimum atomic E-state index is -0.211. The van der Waals surface area contributed by atoms with Gasteiger partial charge in [-0.3, -0.25) is 9.59 Å². The van der Waals surface area contributed by atoms with Crippen LogP contribution in [0.4, 0.5) is 5.69 Å². The molecular weight excluding hydrogens is 242 g/mol. The third-order valence-corrected chi connectivity index (χ3v) is 4.13. The quantitative estimate of drug-likeness (QED) is 0.853. The molecule has 1 heterocycles. The molecule has 3 atom stereocenters. The zero-order valence-electron chi connectivity index (χ0n) is 11.4. The molecule has 1 aliphatic rings. The summed E-state index contributed by atoms with van der Waals surface area (Å²) < 4.78 is 1.34. The molecule has 1 aliphatic carbocycles. The highest BCUT2D eigenvalue weighted by atomic mass is 16.2. The van der Waals surface area contributed by atoms with Crippen molar-refractivity contribution in [1.82, 2.24) is 9.88 Å². The summed E-state index contributed by atoms with van der Waals surface area (Å²) in [6.45, 7) is 4.40. The van der Waals surface area contributed by atoms with E-state index in [4.69, 9.17) is 5.73 Å². The van der Waals surface area contributed by atoms with Gasteiger partial charge in [0.05, 0.1) is 0 Å². The topological polar surface area (TPSA) is 77.1 Å². The lowest BCUT2D eigenvalue weighted by Gasteiger charge is -2.20. The Morgan fingerprint density at radius 3 is 2.79 bits per heavy atom. The van der Waals surface area contributed by atoms with Crippen LogP contribution in [0.1, 0.15) is 26.7 Å². The molecule has 0 aliphatic heterocycles. The van der Waals surface area contributed by atoms with Gasteiger partial charge in [0.2, 0.25) is 5.91 Å². The molecule has 0 bridgehead atoms. The summed E-state index contributed by atoms with van der Waals surface area (Å²) in [6, 6.07) is 3.14. The summed E-state index contributed by atoms with van der Waals surface area (Å²) in [7, 11) is 0. The minimum Gasteiger partial charge on any atom is -0.398 e. The second-order valence-corrected chi connectivity index (χ2v) is 5.52. The number of pyridine rings is 1. The Labute approximate surface area is 112 Å². The van der Waals surface area contributed by atoms with Crippen molar-refractivity contribution in [2.45, 2.75) is 39.3 Å². The van der Waals surface area contributed by atoms with Crippen LogP contribution in [0.5, 0.6) is 0 Å². The number of nitrogen functional groups attached to an aromatic ring is 1. The van der Waals surface area contributed by atoms with Gasteiger partial charge in [0.15, 0.2) is 0 Å². The van der Waals surface area contributed by atoms with Gasteiger partial charge in [0.1, 0.15) is 6.54 Å². The van der Waals surface area contributed by atoms with Gasteiger partial charge in [-0.2, -0.15) is 0 Å². The number of nitrogens with one attached hydrogen (secondary N) is 1. The SMILES string of the molecule is CC1CCC(NC(=O)Cn2cc(N)ccc2=O)C1C. The monoisotopic (exact) mass is 263 g/mol. The van der Waals surface area contributed by atoms with Crippen LogP contribution in [0.15, 0.2) is 23.1 Å². The van der Waals surface area contributed by atoms with Crippen LogP contribution in [0.25, 0.3) is 0 Å². The largest absolute Gasteiger partial charge is 0.398 e. The van der Waals surface area contributed by atoms with Gasteiger partial charge in [-0.1, -0.05) is 13.8 Å². The molecule has 1 saturated carbocycles. The highest BCUT2D eigenvalue weighted by Gasteiger charge is 2.30. The Morgan fingerprint density at radius 2 is 2.16 bits per heavy atom. The van der Waals surface area contributed by atoms with E-state index in [0.29, 0.717) is 17.5 Å². The van der Waals surface area contributed by atoms with E-state index in [2.05, 4.69) is 19.2 Å². The predicted molar refractivity (Wildman–Crippen MR) is 74.6 cm³/mol. The summed E-state index contributed by atoms with van der Waals surface area (Å²) in [5.74, 6) is 1.00. The first-order valence-electron chi connectivity index (χ1n) is 6.72. The molecule has 1 aromatic heterocycles. The summed E-state index contributed by atoms with van der Waals surface area (Å²) in [5, 5.41) is 3.01. The molecule has 2 rings (SSSR count). The summed E-state index contributed by atoms with van der Waals surface area (Å²) in [5.41, 5.74) is 5.89. The lowest BCUT2D eigenvalue weighted by molar-refractivity contribution is -0.122. The number of anilines is 1. The fraction of sp³-hybridized carbons (Fsp3) is 0.571. The Balaban J connectivity index is 1.98. The number of hydrogen-bond acceptors (Lipinski definition) is 3. The van der Waals surface area contributed by atoms with Crippen LogP contribution < -0.4 is 16.6 Å². The molecule has 104 valence electrons. The Kier molecular flexibility index (Phi) is 3.93. The van der Waals surface area contributed by atoms with Crippen molar-refractivity contribution in [2.75, 3.05) is 5.73 Å². The standard InChI is InChI=1S/C14H21N3O2/c1-9-3-5-12(10(9)2)16-13(18)8-17-7-11(15)4-6-14(17)19/h4,6-7,9-10,12H,3,5,8,15H2,1-2H3,(H,16,18). The van der Waals surface area contributed by atoms with Crippen molar-refractivity contribution < 1.29 is 4.79 Å². The van der Waals surface area contributed by atoms with Crippen LogP contribution in [0.3, 0.4) is 0 Å². The van der Waals surface area contributed by atoms with Gasteiger partial charge in [-0.25, -0.2) is 0 Å². The average Bonchev–Trinajstić information content (AvgIpc) is 2.66. The number of nitrogens with zero attached hydrogens (tertiary/aromatic N) is 1. The van der Waals surface area contributed by atoms with Gasteiger partial charge in [0.25, 0.3) is 5.56 Å². The van der Waals surface area contributed by atoms with Crippen molar-refractivity contribution in [1.29, 1.82) is 0 Å². The van der Waals surface area contributed by atoms with E-state index in [1.807, 2.05) is 0 Å². The normalized spacial score (nSPS) is 26.3. The van der Waals surface area contributed by atoms with Crippen molar-refractivity contribution in [2.24, 2.45) is 11.8 Å².